The number of pyridine rings is 1. The highest BCUT2D eigenvalue weighted by Crippen LogP contribution is 2.15. The third kappa shape index (κ3) is 4.01. The Hall–Kier alpha value is -1.46. The van der Waals surface area contributed by atoms with Gasteiger partial charge in [0.25, 0.3) is 0 Å². The predicted octanol–water partition coefficient (Wildman–Crippen LogP) is 1.76. The molecule has 0 radical (unpaired) electrons. The second kappa shape index (κ2) is 5.67. The average molecular weight is 278 g/mol. The number of nitrogens with one attached hydrogen (secondary N) is 1. The molecule has 0 fully saturated rings. The highest BCUT2D eigenvalue weighted by atomic mass is 32.2. The van der Waals surface area contributed by atoms with Crippen LogP contribution in [0.3, 0.4) is 0 Å². The predicted molar refractivity (Wildman–Crippen MR) is 77.8 cm³/mol. The van der Waals surface area contributed by atoms with Crippen LogP contribution in [0, 0.1) is 0 Å². The van der Waals surface area contributed by atoms with Crippen LogP contribution in [0.5, 0.6) is 0 Å². The van der Waals surface area contributed by atoms with Gasteiger partial charge in [-0.2, -0.15) is 0 Å². The summed E-state index contributed by atoms with van der Waals surface area (Å²) in [6.45, 7) is 2.49. The van der Waals surface area contributed by atoms with Gasteiger partial charge in [-0.3, -0.25) is 4.98 Å². The van der Waals surface area contributed by atoms with Crippen LogP contribution >= 0.6 is 0 Å². The zero-order chi connectivity index (χ0) is 13.9. The van der Waals surface area contributed by atoms with E-state index in [0.717, 1.165) is 16.5 Å². The summed E-state index contributed by atoms with van der Waals surface area (Å²) in [6.07, 6.45) is 3.02. The number of sulfone groups is 1. The second-order valence-corrected chi connectivity index (χ2v) is 7.05. The molecule has 1 N–H and O–H groups in total. The van der Waals surface area contributed by atoms with E-state index in [1.807, 2.05) is 37.3 Å². The van der Waals surface area contributed by atoms with E-state index in [4.69, 9.17) is 0 Å². The zero-order valence-corrected chi connectivity index (χ0v) is 11.9. The number of hydrogen-bond acceptors (Lipinski definition) is 4. The van der Waals surface area contributed by atoms with Gasteiger partial charge in [-0.05, 0) is 18.6 Å². The maximum absolute atomic E-state index is 11.2. The van der Waals surface area contributed by atoms with Crippen molar-refractivity contribution < 1.29 is 8.42 Å². The Labute approximate surface area is 113 Å². The summed E-state index contributed by atoms with van der Waals surface area (Å²) in [7, 11) is -2.95. The Bertz CT molecular complexity index is 663. The molecule has 0 aliphatic heterocycles. The molecule has 0 saturated carbocycles. The third-order valence-corrected chi connectivity index (χ3v) is 4.02. The van der Waals surface area contributed by atoms with Crippen LogP contribution in [0.1, 0.15) is 12.5 Å². The van der Waals surface area contributed by atoms with Crippen molar-refractivity contribution in [2.24, 2.45) is 0 Å². The van der Waals surface area contributed by atoms with Gasteiger partial charge in [0.2, 0.25) is 0 Å². The van der Waals surface area contributed by atoms with E-state index in [2.05, 4.69) is 10.3 Å². The molecular weight excluding hydrogens is 260 g/mol. The van der Waals surface area contributed by atoms with Gasteiger partial charge in [0.15, 0.2) is 0 Å². The highest BCUT2D eigenvalue weighted by Gasteiger charge is 2.10. The largest absolute Gasteiger partial charge is 0.309 e. The Morgan fingerprint density at radius 3 is 2.74 bits per heavy atom. The molecule has 2 rings (SSSR count). The first-order valence-corrected chi connectivity index (χ1v) is 8.25. The molecule has 4 nitrogen and oxygen atoms in total. The van der Waals surface area contributed by atoms with Crippen molar-refractivity contribution in [3.8, 4) is 0 Å². The number of nitrogens with zero attached hydrogens (tertiary/aromatic N) is 1. The summed E-state index contributed by atoms with van der Waals surface area (Å²) >= 11 is 0. The molecule has 1 aromatic heterocycles. The molecule has 2 aromatic rings. The molecule has 0 aliphatic rings. The minimum Gasteiger partial charge on any atom is -0.309 e. The summed E-state index contributed by atoms with van der Waals surface area (Å²) in [5.74, 6) is 0.144. The number of aromatic nitrogens is 1. The lowest BCUT2D eigenvalue weighted by atomic mass is 10.1. The van der Waals surface area contributed by atoms with E-state index < -0.39 is 9.84 Å². The van der Waals surface area contributed by atoms with Gasteiger partial charge in [0.05, 0.1) is 11.3 Å². The van der Waals surface area contributed by atoms with Crippen LogP contribution in [-0.2, 0) is 16.4 Å². The Balaban J connectivity index is 2.10. The highest BCUT2D eigenvalue weighted by molar-refractivity contribution is 7.90. The Morgan fingerprint density at radius 2 is 2.00 bits per heavy atom. The fraction of sp³-hybridized carbons (Fsp3) is 0.357. The van der Waals surface area contributed by atoms with E-state index in [0.29, 0.717) is 6.54 Å². The molecule has 1 atom stereocenters. The molecule has 0 bridgehead atoms. The Morgan fingerprint density at radius 1 is 1.26 bits per heavy atom. The first-order chi connectivity index (χ1) is 8.96. The van der Waals surface area contributed by atoms with Crippen LogP contribution < -0.4 is 5.32 Å². The van der Waals surface area contributed by atoms with Crippen molar-refractivity contribution in [3.63, 3.8) is 0 Å². The van der Waals surface area contributed by atoms with Gasteiger partial charge in [0.1, 0.15) is 9.84 Å². The molecule has 1 unspecified atom stereocenters. The van der Waals surface area contributed by atoms with Gasteiger partial charge in [-0.15, -0.1) is 0 Å². The Kier molecular flexibility index (Phi) is 4.17. The summed E-state index contributed by atoms with van der Waals surface area (Å²) in [5, 5.41) is 4.32. The van der Waals surface area contributed by atoms with Gasteiger partial charge in [0, 0.05) is 30.4 Å². The minimum atomic E-state index is -2.95. The van der Waals surface area contributed by atoms with Crippen molar-refractivity contribution in [1.29, 1.82) is 0 Å². The van der Waals surface area contributed by atoms with Gasteiger partial charge < -0.3 is 5.32 Å². The molecule has 0 aliphatic carbocycles. The van der Waals surface area contributed by atoms with Crippen molar-refractivity contribution in [2.45, 2.75) is 19.5 Å². The smallest absolute Gasteiger partial charge is 0.148 e. The van der Waals surface area contributed by atoms with E-state index in [1.165, 1.54) is 6.26 Å². The van der Waals surface area contributed by atoms with Crippen LogP contribution in [0.2, 0.25) is 0 Å². The van der Waals surface area contributed by atoms with Crippen LogP contribution in [0.4, 0.5) is 0 Å². The maximum Gasteiger partial charge on any atom is 0.148 e. The number of para-hydroxylation sites is 1. The normalized spacial score (nSPS) is 13.6. The minimum absolute atomic E-state index is 0.0750. The fourth-order valence-electron chi connectivity index (χ4n) is 2.11. The summed E-state index contributed by atoms with van der Waals surface area (Å²) in [6, 6.07) is 9.87. The van der Waals surface area contributed by atoms with E-state index >= 15 is 0 Å². The number of fused-ring (bicyclic) bond motifs is 1. The van der Waals surface area contributed by atoms with Crippen LogP contribution in [0.25, 0.3) is 10.9 Å². The lowest BCUT2D eigenvalue weighted by molar-refractivity contribution is 0.561. The van der Waals surface area contributed by atoms with Gasteiger partial charge >= 0.3 is 0 Å². The van der Waals surface area contributed by atoms with Gasteiger partial charge in [-0.1, -0.05) is 24.3 Å². The molecule has 5 heteroatoms. The van der Waals surface area contributed by atoms with Crippen molar-refractivity contribution in [2.75, 3.05) is 12.0 Å². The molecule has 1 heterocycles. The number of benzene rings is 1. The average Bonchev–Trinajstić information content (AvgIpc) is 2.34. The van der Waals surface area contributed by atoms with Gasteiger partial charge in [-0.25, -0.2) is 8.42 Å². The summed E-state index contributed by atoms with van der Waals surface area (Å²) < 4.78 is 22.4. The van der Waals surface area contributed by atoms with Crippen LogP contribution in [0.15, 0.2) is 36.5 Å². The standard InChI is InChI=1S/C14H18N2O2S/c1-11(10-19(2,17)18)16-9-13-6-3-5-12-7-4-8-15-14(12)13/h3-8,11,16H,9-10H2,1-2H3. The SMILES string of the molecule is CC(CS(C)(=O)=O)NCc1cccc2cccnc12. The zero-order valence-electron chi connectivity index (χ0n) is 11.1. The molecule has 0 amide bonds. The lowest BCUT2D eigenvalue weighted by Gasteiger charge is -2.13. The van der Waals surface area contributed by atoms with Crippen molar-refractivity contribution in [3.05, 3.63) is 42.1 Å². The molecule has 19 heavy (non-hydrogen) atoms. The molecular formula is C14H18N2O2S. The second-order valence-electron chi connectivity index (χ2n) is 4.87. The van der Waals surface area contributed by atoms with Crippen LogP contribution in [-0.4, -0.2) is 31.5 Å². The molecule has 0 spiro atoms. The summed E-state index contributed by atoms with van der Waals surface area (Å²) in [5.41, 5.74) is 2.04. The van der Waals surface area contributed by atoms with Crippen molar-refractivity contribution in [1.82, 2.24) is 10.3 Å². The quantitative estimate of drug-likeness (QED) is 0.905. The summed E-state index contributed by atoms with van der Waals surface area (Å²) in [4.78, 5) is 4.38. The van der Waals surface area contributed by atoms with E-state index in [-0.39, 0.29) is 11.8 Å². The molecule has 0 saturated heterocycles. The lowest BCUT2D eigenvalue weighted by Crippen LogP contribution is -2.32. The first kappa shape index (κ1) is 14.0. The maximum atomic E-state index is 11.2. The number of hydrogen-bond donors (Lipinski definition) is 1. The molecule has 1 aromatic carbocycles. The van der Waals surface area contributed by atoms with E-state index in [9.17, 15) is 8.42 Å². The molecule has 102 valence electrons. The third-order valence-electron chi connectivity index (χ3n) is 2.91. The fourth-order valence-corrected chi connectivity index (χ4v) is 3.13. The topological polar surface area (TPSA) is 59.1 Å². The monoisotopic (exact) mass is 278 g/mol. The number of rotatable bonds is 5. The van der Waals surface area contributed by atoms with E-state index in [1.54, 1.807) is 6.20 Å². The van der Waals surface area contributed by atoms with Crippen molar-refractivity contribution >= 4 is 20.7 Å². The first-order valence-electron chi connectivity index (χ1n) is 6.19.